The number of rotatable bonds is 7. The monoisotopic (exact) mass is 739 g/mol. The Morgan fingerprint density at radius 3 is 1.67 bits per heavy atom. The molecule has 5 aliphatic rings. The van der Waals surface area contributed by atoms with Crippen LogP contribution < -0.4 is 0 Å². The maximum atomic E-state index is 15.5. The standard InChI is InChI=1S/C44H41N3O8/c48-41(54-32-14-3-1-4-15-32)39-40(42(49)55-33-16-5-2-6-17-33)45-24-23-28-13-7-10-20-36(28)44(45,29-25-30(46(50)51)27-31(26-29)47(52)53)43(39)37-21-11-8-18-34(37)35-19-9-12-22-38(35)43/h7-13,18-22,25-27,32-33H,1-6,14-17,23-24H2. The average molecular weight is 740 g/mol. The first-order chi connectivity index (χ1) is 26.8. The van der Waals surface area contributed by atoms with Gasteiger partial charge in [0.15, 0.2) is 0 Å². The van der Waals surface area contributed by atoms with Crippen LogP contribution in [0, 0.1) is 20.2 Å². The van der Waals surface area contributed by atoms with Gasteiger partial charge in [-0.1, -0.05) is 85.6 Å². The molecule has 2 fully saturated rings. The van der Waals surface area contributed by atoms with Crippen molar-refractivity contribution in [2.24, 2.45) is 0 Å². The molecule has 4 aromatic rings. The number of nitro benzene ring substituents is 2. The van der Waals surface area contributed by atoms with Gasteiger partial charge >= 0.3 is 11.9 Å². The molecule has 2 aliphatic heterocycles. The molecule has 0 amide bonds. The third-order valence-corrected chi connectivity index (χ3v) is 12.6. The van der Waals surface area contributed by atoms with E-state index >= 15 is 9.59 Å². The highest BCUT2D eigenvalue weighted by atomic mass is 16.6. The van der Waals surface area contributed by atoms with E-state index < -0.39 is 44.1 Å². The molecule has 280 valence electrons. The van der Waals surface area contributed by atoms with Crippen molar-refractivity contribution in [1.29, 1.82) is 0 Å². The topological polar surface area (TPSA) is 142 Å². The van der Waals surface area contributed by atoms with Crippen LogP contribution in [-0.4, -0.2) is 45.4 Å². The molecule has 3 aliphatic carbocycles. The van der Waals surface area contributed by atoms with Crippen LogP contribution in [0.5, 0.6) is 0 Å². The van der Waals surface area contributed by atoms with Crippen molar-refractivity contribution in [3.05, 3.63) is 150 Å². The summed E-state index contributed by atoms with van der Waals surface area (Å²) in [4.78, 5) is 56.7. The van der Waals surface area contributed by atoms with E-state index in [4.69, 9.17) is 9.47 Å². The summed E-state index contributed by atoms with van der Waals surface area (Å²) in [5, 5.41) is 25.3. The van der Waals surface area contributed by atoms with Crippen molar-refractivity contribution in [3.8, 4) is 11.1 Å². The lowest BCUT2D eigenvalue weighted by atomic mass is 9.54. The Bertz CT molecular complexity index is 2210. The lowest BCUT2D eigenvalue weighted by Crippen LogP contribution is -2.59. The predicted octanol–water partition coefficient (Wildman–Crippen LogP) is 8.59. The molecule has 1 atom stereocenters. The molecule has 9 rings (SSSR count). The summed E-state index contributed by atoms with van der Waals surface area (Å²) in [5.41, 5.74) is 0.847. The molecule has 55 heavy (non-hydrogen) atoms. The summed E-state index contributed by atoms with van der Waals surface area (Å²) >= 11 is 0. The van der Waals surface area contributed by atoms with E-state index in [0.29, 0.717) is 48.8 Å². The largest absolute Gasteiger partial charge is 0.459 e. The second-order valence-electron chi connectivity index (χ2n) is 15.4. The second-order valence-corrected chi connectivity index (χ2v) is 15.4. The summed E-state index contributed by atoms with van der Waals surface area (Å²) in [6.07, 6.45) is 8.26. The van der Waals surface area contributed by atoms with Crippen molar-refractivity contribution >= 4 is 23.3 Å². The third kappa shape index (κ3) is 5.15. The molecule has 0 saturated heterocycles. The van der Waals surface area contributed by atoms with E-state index in [1.165, 1.54) is 12.1 Å². The summed E-state index contributed by atoms with van der Waals surface area (Å²) in [7, 11) is 0. The smallest absolute Gasteiger partial charge is 0.355 e. The number of fused-ring (bicyclic) bond motifs is 9. The van der Waals surface area contributed by atoms with E-state index in [-0.39, 0.29) is 35.6 Å². The fourth-order valence-electron chi connectivity index (χ4n) is 10.5. The van der Waals surface area contributed by atoms with Gasteiger partial charge in [0.05, 0.1) is 26.9 Å². The quantitative estimate of drug-likeness (QED) is 0.103. The maximum absolute atomic E-state index is 15.5. The second kappa shape index (κ2) is 13.5. The molecule has 0 aromatic heterocycles. The molecular formula is C44H41N3O8. The van der Waals surface area contributed by atoms with E-state index in [9.17, 15) is 20.2 Å². The number of carbonyl (C=O) groups excluding carboxylic acids is 2. The normalized spacial score (nSPS) is 21.3. The minimum Gasteiger partial charge on any atom is -0.459 e. The van der Waals surface area contributed by atoms with Gasteiger partial charge in [0.25, 0.3) is 11.4 Å². The van der Waals surface area contributed by atoms with Crippen LogP contribution in [0.15, 0.2) is 102 Å². The number of esters is 2. The van der Waals surface area contributed by atoms with Gasteiger partial charge in [-0.25, -0.2) is 9.59 Å². The number of hydrogen-bond donors (Lipinski definition) is 0. The van der Waals surface area contributed by atoms with Gasteiger partial charge < -0.3 is 14.4 Å². The number of ether oxygens (including phenoxy) is 2. The van der Waals surface area contributed by atoms with E-state index in [0.717, 1.165) is 61.3 Å². The molecular weight excluding hydrogens is 698 g/mol. The van der Waals surface area contributed by atoms with Crippen molar-refractivity contribution in [3.63, 3.8) is 0 Å². The van der Waals surface area contributed by atoms with Crippen molar-refractivity contribution < 1.29 is 28.9 Å². The predicted molar refractivity (Wildman–Crippen MR) is 203 cm³/mol. The molecule has 2 heterocycles. The Hall–Kier alpha value is -5.84. The first kappa shape index (κ1) is 34.9. The first-order valence-corrected chi connectivity index (χ1v) is 19.4. The number of nitro groups is 2. The molecule has 11 heteroatoms. The summed E-state index contributed by atoms with van der Waals surface area (Å²) < 4.78 is 12.9. The summed E-state index contributed by atoms with van der Waals surface area (Å²) in [6, 6.07) is 26.9. The molecule has 0 N–H and O–H groups in total. The van der Waals surface area contributed by atoms with Crippen LogP contribution in [0.25, 0.3) is 11.1 Å². The molecule has 1 spiro atoms. The van der Waals surface area contributed by atoms with Gasteiger partial charge in [0.1, 0.15) is 23.4 Å². The van der Waals surface area contributed by atoms with Crippen LogP contribution in [0.3, 0.4) is 0 Å². The number of hydrogen-bond acceptors (Lipinski definition) is 9. The fourth-order valence-corrected chi connectivity index (χ4v) is 10.5. The molecule has 4 aromatic carbocycles. The number of carbonyl (C=O) groups is 2. The molecule has 0 radical (unpaired) electrons. The average Bonchev–Trinajstić information content (AvgIpc) is 3.67. The van der Waals surface area contributed by atoms with Gasteiger partial charge in [0.2, 0.25) is 0 Å². The van der Waals surface area contributed by atoms with E-state index in [2.05, 4.69) is 0 Å². The van der Waals surface area contributed by atoms with Crippen LogP contribution in [0.1, 0.15) is 92.0 Å². The van der Waals surface area contributed by atoms with Gasteiger partial charge in [-0.05, 0) is 96.7 Å². The lowest BCUT2D eigenvalue weighted by Gasteiger charge is -2.54. The SMILES string of the molecule is O=C(OC1CCCCC1)C1=C(C(=O)OC2CCCCC2)C2(c3ccccc3-c3ccccc32)C2(c3cc([N+](=O)[O-])cc([N+](=O)[O-])c3)c3ccccc3CCN12. The highest BCUT2D eigenvalue weighted by Gasteiger charge is 2.73. The zero-order chi connectivity index (χ0) is 37.9. The number of nitrogens with zero attached hydrogens (tertiary/aromatic N) is 3. The minimum atomic E-state index is -1.62. The Morgan fingerprint density at radius 2 is 1.13 bits per heavy atom. The fraction of sp³-hybridized carbons (Fsp3) is 0.364. The van der Waals surface area contributed by atoms with E-state index in [1.807, 2.05) is 77.7 Å². The molecule has 11 nitrogen and oxygen atoms in total. The van der Waals surface area contributed by atoms with Gasteiger partial charge in [0, 0.05) is 18.7 Å². The number of benzene rings is 4. The van der Waals surface area contributed by atoms with Crippen LogP contribution >= 0.6 is 0 Å². The first-order valence-electron chi connectivity index (χ1n) is 19.4. The Balaban J connectivity index is 1.45. The van der Waals surface area contributed by atoms with Crippen LogP contribution in [-0.2, 0) is 36.4 Å². The van der Waals surface area contributed by atoms with Crippen LogP contribution in [0.4, 0.5) is 11.4 Å². The zero-order valence-corrected chi connectivity index (χ0v) is 30.4. The Labute approximate surface area is 318 Å². The molecule has 2 saturated carbocycles. The lowest BCUT2D eigenvalue weighted by molar-refractivity contribution is -0.394. The molecule has 1 unspecified atom stereocenters. The van der Waals surface area contributed by atoms with E-state index in [1.54, 1.807) is 0 Å². The highest BCUT2D eigenvalue weighted by Crippen LogP contribution is 2.70. The van der Waals surface area contributed by atoms with Gasteiger partial charge in [-0.3, -0.25) is 20.2 Å². The van der Waals surface area contributed by atoms with Crippen molar-refractivity contribution in [2.75, 3.05) is 6.54 Å². The third-order valence-electron chi connectivity index (χ3n) is 12.6. The van der Waals surface area contributed by atoms with Crippen LogP contribution in [0.2, 0.25) is 0 Å². The van der Waals surface area contributed by atoms with Crippen molar-refractivity contribution in [1.82, 2.24) is 4.90 Å². The van der Waals surface area contributed by atoms with Gasteiger partial charge in [-0.15, -0.1) is 0 Å². The Kier molecular flexibility index (Phi) is 8.55. The zero-order valence-electron chi connectivity index (χ0n) is 30.4. The summed E-state index contributed by atoms with van der Waals surface area (Å²) in [6.45, 7) is 0.217. The van der Waals surface area contributed by atoms with Crippen molar-refractivity contribution in [2.45, 2.75) is 93.8 Å². The number of non-ortho nitro benzene ring substituents is 2. The minimum absolute atomic E-state index is 0.0431. The molecule has 0 bridgehead atoms. The Morgan fingerprint density at radius 1 is 0.636 bits per heavy atom. The van der Waals surface area contributed by atoms with Gasteiger partial charge in [-0.2, -0.15) is 0 Å². The summed E-state index contributed by atoms with van der Waals surface area (Å²) in [5.74, 6) is -1.31. The highest BCUT2D eigenvalue weighted by molar-refractivity contribution is 6.08. The maximum Gasteiger partial charge on any atom is 0.355 e.